The fourth-order valence-electron chi connectivity index (χ4n) is 2.73. The van der Waals surface area contributed by atoms with Crippen LogP contribution in [0.2, 0.25) is 0 Å². The summed E-state index contributed by atoms with van der Waals surface area (Å²) in [5.74, 6) is -0.365. The first kappa shape index (κ1) is 19.8. The lowest BCUT2D eigenvalue weighted by molar-refractivity contribution is -0.132. The molecule has 1 heterocycles. The van der Waals surface area contributed by atoms with Crippen LogP contribution < -0.4 is 5.32 Å². The third kappa shape index (κ3) is 4.86. The predicted molar refractivity (Wildman–Crippen MR) is 112 cm³/mol. The number of benzene rings is 2. The quantitative estimate of drug-likeness (QED) is 0.511. The number of carbonyl (C=O) groups excluding carboxylic acids is 2. The summed E-state index contributed by atoms with van der Waals surface area (Å²) in [5.41, 5.74) is 2.67. The number of fused-ring (bicyclic) bond motifs is 1. The van der Waals surface area contributed by atoms with Crippen molar-refractivity contribution in [2.45, 2.75) is 24.1 Å². The van der Waals surface area contributed by atoms with Crippen LogP contribution in [0, 0.1) is 6.92 Å². The number of aryl methyl sites for hydroxylation is 1. The van der Waals surface area contributed by atoms with Crippen LogP contribution >= 0.6 is 11.8 Å². The highest BCUT2D eigenvalue weighted by atomic mass is 32.2. The third-order valence-electron chi connectivity index (χ3n) is 4.23. The van der Waals surface area contributed by atoms with Crippen molar-refractivity contribution in [1.29, 1.82) is 0 Å². The fourth-order valence-corrected chi connectivity index (χ4v) is 3.76. The molecule has 0 saturated carbocycles. The number of amides is 2. The van der Waals surface area contributed by atoms with Crippen molar-refractivity contribution in [1.82, 2.24) is 14.9 Å². The summed E-state index contributed by atoms with van der Waals surface area (Å²) in [6, 6.07) is 15.2. The van der Waals surface area contributed by atoms with Gasteiger partial charge in [-0.05, 0) is 32.0 Å². The first-order chi connectivity index (χ1) is 13.4. The number of hydrogen-bond acceptors (Lipinski definition) is 5. The van der Waals surface area contributed by atoms with Crippen molar-refractivity contribution in [2.24, 2.45) is 0 Å². The second-order valence-electron chi connectivity index (χ2n) is 6.56. The zero-order valence-electron chi connectivity index (χ0n) is 16.0. The Bertz CT molecular complexity index is 986. The Kier molecular flexibility index (Phi) is 6.26. The van der Waals surface area contributed by atoms with E-state index in [2.05, 4.69) is 15.3 Å². The smallest absolute Gasteiger partial charge is 0.243 e. The zero-order chi connectivity index (χ0) is 20.1. The first-order valence-electron chi connectivity index (χ1n) is 8.92. The van der Waals surface area contributed by atoms with E-state index in [0.717, 1.165) is 21.5 Å². The van der Waals surface area contributed by atoms with E-state index >= 15 is 0 Å². The molecule has 1 atom stereocenters. The molecule has 2 amide bonds. The Balaban J connectivity index is 1.60. The molecule has 7 heteroatoms. The molecule has 0 fully saturated rings. The van der Waals surface area contributed by atoms with Gasteiger partial charge < -0.3 is 10.2 Å². The van der Waals surface area contributed by atoms with Crippen LogP contribution in [0.4, 0.5) is 5.69 Å². The number of nitrogens with zero attached hydrogens (tertiary/aromatic N) is 3. The number of hydrogen-bond donors (Lipinski definition) is 1. The summed E-state index contributed by atoms with van der Waals surface area (Å²) >= 11 is 1.37. The van der Waals surface area contributed by atoms with Crippen LogP contribution in [0.5, 0.6) is 0 Å². The van der Waals surface area contributed by atoms with Gasteiger partial charge in [0.25, 0.3) is 0 Å². The van der Waals surface area contributed by atoms with Gasteiger partial charge in [0.15, 0.2) is 0 Å². The summed E-state index contributed by atoms with van der Waals surface area (Å²) in [5, 5.41) is 4.09. The standard InChI is InChI=1S/C21H22N4O2S/c1-14-8-10-16(11-9-14)24-19(26)12-25(3)21(27)15(2)28-20-17-6-4-5-7-18(17)22-13-23-20/h4-11,13,15H,12H2,1-3H3,(H,24,26)/t15-/m0/s1. The Morgan fingerprint density at radius 2 is 1.82 bits per heavy atom. The lowest BCUT2D eigenvalue weighted by Gasteiger charge is -2.20. The second kappa shape index (κ2) is 8.84. The average Bonchev–Trinajstić information content (AvgIpc) is 2.69. The molecule has 28 heavy (non-hydrogen) atoms. The van der Waals surface area contributed by atoms with Crippen molar-refractivity contribution in [3.63, 3.8) is 0 Å². The topological polar surface area (TPSA) is 75.2 Å². The number of para-hydroxylation sites is 1. The maximum atomic E-state index is 12.7. The molecule has 6 nitrogen and oxygen atoms in total. The summed E-state index contributed by atoms with van der Waals surface area (Å²) in [6.07, 6.45) is 1.50. The molecule has 0 spiro atoms. The van der Waals surface area contributed by atoms with Crippen molar-refractivity contribution >= 4 is 40.2 Å². The van der Waals surface area contributed by atoms with Crippen molar-refractivity contribution in [3.8, 4) is 0 Å². The number of aromatic nitrogens is 2. The van der Waals surface area contributed by atoms with E-state index in [0.29, 0.717) is 5.69 Å². The van der Waals surface area contributed by atoms with Crippen LogP contribution in [-0.4, -0.2) is 45.5 Å². The molecule has 1 aromatic heterocycles. The third-order valence-corrected chi connectivity index (χ3v) is 5.34. The van der Waals surface area contributed by atoms with Gasteiger partial charge in [-0.2, -0.15) is 0 Å². The van der Waals surface area contributed by atoms with E-state index in [1.165, 1.54) is 23.0 Å². The van der Waals surface area contributed by atoms with E-state index in [9.17, 15) is 9.59 Å². The molecule has 0 unspecified atom stereocenters. The Hall–Kier alpha value is -2.93. The van der Waals surface area contributed by atoms with Gasteiger partial charge in [0.1, 0.15) is 11.4 Å². The van der Waals surface area contributed by atoms with Gasteiger partial charge in [0.05, 0.1) is 17.3 Å². The normalized spacial score (nSPS) is 11.8. The number of likely N-dealkylation sites (N-methyl/N-ethyl adjacent to an activating group) is 1. The fraction of sp³-hybridized carbons (Fsp3) is 0.238. The summed E-state index contributed by atoms with van der Waals surface area (Å²) < 4.78 is 0. The molecule has 3 aromatic rings. The minimum atomic E-state index is -0.379. The molecule has 144 valence electrons. The molecule has 1 N–H and O–H groups in total. The monoisotopic (exact) mass is 394 g/mol. The van der Waals surface area contributed by atoms with Crippen LogP contribution in [0.1, 0.15) is 12.5 Å². The van der Waals surface area contributed by atoms with Gasteiger partial charge in [-0.15, -0.1) is 0 Å². The zero-order valence-corrected chi connectivity index (χ0v) is 16.9. The van der Waals surface area contributed by atoms with Gasteiger partial charge >= 0.3 is 0 Å². The lowest BCUT2D eigenvalue weighted by atomic mass is 10.2. The summed E-state index contributed by atoms with van der Waals surface area (Å²) in [6.45, 7) is 3.79. The minimum Gasteiger partial charge on any atom is -0.335 e. The molecular weight excluding hydrogens is 372 g/mol. The van der Waals surface area contributed by atoms with Crippen molar-refractivity contribution in [3.05, 3.63) is 60.4 Å². The number of rotatable bonds is 6. The molecule has 3 rings (SSSR count). The number of nitrogens with one attached hydrogen (secondary N) is 1. The van der Waals surface area contributed by atoms with Crippen LogP contribution in [0.25, 0.3) is 10.9 Å². The van der Waals surface area contributed by atoms with E-state index in [1.807, 2.05) is 62.4 Å². The molecular formula is C21H22N4O2S. The maximum Gasteiger partial charge on any atom is 0.243 e. The molecule has 0 aliphatic carbocycles. The van der Waals surface area contributed by atoms with E-state index in [4.69, 9.17) is 0 Å². The van der Waals surface area contributed by atoms with Gasteiger partial charge in [-0.1, -0.05) is 47.7 Å². The van der Waals surface area contributed by atoms with Gasteiger partial charge in [-0.25, -0.2) is 9.97 Å². The Morgan fingerprint density at radius 1 is 1.11 bits per heavy atom. The summed E-state index contributed by atoms with van der Waals surface area (Å²) in [7, 11) is 1.63. The molecule has 0 aliphatic rings. The molecule has 0 aliphatic heterocycles. The highest BCUT2D eigenvalue weighted by molar-refractivity contribution is 8.00. The van der Waals surface area contributed by atoms with Gasteiger partial charge in [0.2, 0.25) is 11.8 Å². The molecule has 0 saturated heterocycles. The Labute approximate surface area is 168 Å². The van der Waals surface area contributed by atoms with Gasteiger partial charge in [0, 0.05) is 18.1 Å². The SMILES string of the molecule is Cc1ccc(NC(=O)CN(C)C(=O)[C@H](C)Sc2ncnc3ccccc23)cc1. The number of carbonyl (C=O) groups is 2. The maximum absolute atomic E-state index is 12.7. The Morgan fingerprint density at radius 3 is 2.57 bits per heavy atom. The minimum absolute atomic E-state index is 0.0118. The van der Waals surface area contributed by atoms with Crippen molar-refractivity contribution in [2.75, 3.05) is 18.9 Å². The van der Waals surface area contributed by atoms with Gasteiger partial charge in [-0.3, -0.25) is 9.59 Å². The highest BCUT2D eigenvalue weighted by Gasteiger charge is 2.22. The molecule has 2 aromatic carbocycles. The summed E-state index contributed by atoms with van der Waals surface area (Å²) in [4.78, 5) is 34.9. The molecule has 0 radical (unpaired) electrons. The first-order valence-corrected chi connectivity index (χ1v) is 9.80. The van der Waals surface area contributed by atoms with Crippen LogP contribution in [-0.2, 0) is 9.59 Å². The lowest BCUT2D eigenvalue weighted by Crippen LogP contribution is -2.38. The number of thioether (sulfide) groups is 1. The predicted octanol–water partition coefficient (Wildman–Crippen LogP) is 3.52. The number of anilines is 1. The van der Waals surface area contributed by atoms with Crippen molar-refractivity contribution < 1.29 is 9.59 Å². The van der Waals surface area contributed by atoms with Crippen LogP contribution in [0.15, 0.2) is 59.9 Å². The van der Waals surface area contributed by atoms with E-state index in [1.54, 1.807) is 7.05 Å². The highest BCUT2D eigenvalue weighted by Crippen LogP contribution is 2.28. The average molecular weight is 395 g/mol. The second-order valence-corrected chi connectivity index (χ2v) is 7.89. The largest absolute Gasteiger partial charge is 0.335 e. The van der Waals surface area contributed by atoms with Crippen LogP contribution in [0.3, 0.4) is 0 Å². The van der Waals surface area contributed by atoms with E-state index in [-0.39, 0.29) is 23.6 Å². The molecule has 0 bridgehead atoms. The van der Waals surface area contributed by atoms with E-state index < -0.39 is 0 Å².